The van der Waals surface area contributed by atoms with E-state index in [4.69, 9.17) is 0 Å². The maximum absolute atomic E-state index is 11.9. The predicted molar refractivity (Wildman–Crippen MR) is 83.1 cm³/mol. The molecule has 3 N–H and O–H groups in total. The summed E-state index contributed by atoms with van der Waals surface area (Å²) in [7, 11) is 0. The van der Waals surface area contributed by atoms with Crippen LogP contribution in [0.2, 0.25) is 0 Å². The molecular formula is C16H26N2O2. The number of hydrogen-bond donors (Lipinski definition) is 3. The molecule has 4 nitrogen and oxygen atoms in total. The number of carbonyl (C=O) groups is 1. The largest absolute Gasteiger partial charge is 0.391 e. The molecule has 4 heteroatoms. The molecule has 0 saturated heterocycles. The molecule has 112 valence electrons. The third-order valence-corrected chi connectivity index (χ3v) is 3.16. The van der Waals surface area contributed by atoms with E-state index in [0.29, 0.717) is 12.3 Å². The molecule has 0 radical (unpaired) electrons. The zero-order valence-electron chi connectivity index (χ0n) is 13.1. The number of aliphatic hydroxyl groups is 1. The van der Waals surface area contributed by atoms with Gasteiger partial charge in [0.1, 0.15) is 0 Å². The minimum absolute atomic E-state index is 0.272. The fourth-order valence-electron chi connectivity index (χ4n) is 2.37. The monoisotopic (exact) mass is 278 g/mol. The molecule has 0 aliphatic heterocycles. The van der Waals surface area contributed by atoms with Crippen molar-refractivity contribution in [1.82, 2.24) is 5.32 Å². The lowest BCUT2D eigenvalue weighted by atomic mass is 10.1. The number of rotatable bonds is 5. The normalized spacial score (nSPS) is 12.3. The van der Waals surface area contributed by atoms with Crippen LogP contribution >= 0.6 is 0 Å². The van der Waals surface area contributed by atoms with Gasteiger partial charge in [-0.05, 0) is 44.2 Å². The molecule has 1 unspecified atom stereocenters. The van der Waals surface area contributed by atoms with Crippen LogP contribution in [0.25, 0.3) is 0 Å². The highest BCUT2D eigenvalue weighted by Gasteiger charge is 2.11. The van der Waals surface area contributed by atoms with Gasteiger partial charge in [0.15, 0.2) is 0 Å². The first-order chi connectivity index (χ1) is 9.29. The van der Waals surface area contributed by atoms with E-state index < -0.39 is 6.10 Å². The van der Waals surface area contributed by atoms with Crippen LogP contribution in [-0.4, -0.2) is 23.8 Å². The molecule has 0 fully saturated rings. The van der Waals surface area contributed by atoms with E-state index in [1.54, 1.807) is 0 Å². The molecule has 1 aromatic rings. The summed E-state index contributed by atoms with van der Waals surface area (Å²) in [6, 6.07) is 3.80. The van der Waals surface area contributed by atoms with Gasteiger partial charge in [0.25, 0.3) is 0 Å². The minimum Gasteiger partial charge on any atom is -0.391 e. The Morgan fingerprint density at radius 3 is 2.25 bits per heavy atom. The van der Waals surface area contributed by atoms with E-state index in [-0.39, 0.29) is 12.6 Å². The molecule has 0 saturated carbocycles. The van der Waals surface area contributed by atoms with Gasteiger partial charge < -0.3 is 15.7 Å². The van der Waals surface area contributed by atoms with Crippen molar-refractivity contribution in [2.24, 2.45) is 5.92 Å². The Morgan fingerprint density at radius 1 is 1.20 bits per heavy atom. The van der Waals surface area contributed by atoms with Gasteiger partial charge >= 0.3 is 6.03 Å². The first-order valence-electron chi connectivity index (χ1n) is 7.10. The lowest BCUT2D eigenvalue weighted by Gasteiger charge is -2.16. The number of carbonyl (C=O) groups excluding carboxylic acids is 1. The summed E-state index contributed by atoms with van der Waals surface area (Å²) in [5.41, 5.74) is 4.10. The minimum atomic E-state index is -0.499. The number of hydrogen-bond acceptors (Lipinski definition) is 2. The summed E-state index contributed by atoms with van der Waals surface area (Å²) in [6.07, 6.45) is 0.184. The summed E-state index contributed by atoms with van der Waals surface area (Å²) in [6.45, 7) is 10.3. The van der Waals surface area contributed by atoms with Crippen LogP contribution in [0.1, 0.15) is 37.0 Å². The Kier molecular flexibility index (Phi) is 6.02. The highest BCUT2D eigenvalue weighted by atomic mass is 16.3. The molecule has 2 amide bonds. The number of urea groups is 1. The van der Waals surface area contributed by atoms with Crippen LogP contribution in [0, 0.1) is 26.7 Å². The van der Waals surface area contributed by atoms with Gasteiger partial charge in [-0.15, -0.1) is 0 Å². The summed E-state index contributed by atoms with van der Waals surface area (Å²) in [5.74, 6) is 0.413. The van der Waals surface area contributed by atoms with Crippen LogP contribution < -0.4 is 10.6 Å². The second-order valence-electron chi connectivity index (χ2n) is 5.89. The van der Waals surface area contributed by atoms with Crippen molar-refractivity contribution >= 4 is 11.7 Å². The Labute approximate surface area is 121 Å². The average molecular weight is 278 g/mol. The highest BCUT2D eigenvalue weighted by molar-refractivity contribution is 5.91. The lowest BCUT2D eigenvalue weighted by molar-refractivity contribution is 0.148. The zero-order valence-corrected chi connectivity index (χ0v) is 13.1. The number of aryl methyl sites for hydroxylation is 3. The molecule has 1 rings (SSSR count). The fraction of sp³-hybridized carbons (Fsp3) is 0.562. The highest BCUT2D eigenvalue weighted by Crippen LogP contribution is 2.21. The maximum Gasteiger partial charge on any atom is 0.319 e. The number of aliphatic hydroxyl groups excluding tert-OH is 1. The quantitative estimate of drug-likeness (QED) is 0.775. The van der Waals surface area contributed by atoms with Crippen LogP contribution in [0.15, 0.2) is 12.1 Å². The molecule has 0 aromatic heterocycles. The fourth-order valence-corrected chi connectivity index (χ4v) is 2.37. The predicted octanol–water partition coefficient (Wildman–Crippen LogP) is 3.14. The van der Waals surface area contributed by atoms with Crippen molar-refractivity contribution in [3.63, 3.8) is 0 Å². The molecule has 0 bridgehead atoms. The van der Waals surface area contributed by atoms with Gasteiger partial charge in [-0.2, -0.15) is 0 Å². The topological polar surface area (TPSA) is 61.4 Å². The van der Waals surface area contributed by atoms with Crippen molar-refractivity contribution in [2.45, 2.75) is 47.1 Å². The molecule has 0 heterocycles. The third-order valence-electron chi connectivity index (χ3n) is 3.16. The maximum atomic E-state index is 11.9. The molecule has 20 heavy (non-hydrogen) atoms. The SMILES string of the molecule is Cc1cc(C)c(NC(=O)NCC(O)CC(C)C)c(C)c1. The smallest absolute Gasteiger partial charge is 0.319 e. The Morgan fingerprint density at radius 2 is 1.75 bits per heavy atom. The van der Waals surface area contributed by atoms with Gasteiger partial charge in [0.05, 0.1) is 6.10 Å². The molecule has 1 aromatic carbocycles. The number of benzene rings is 1. The van der Waals surface area contributed by atoms with Crippen LogP contribution in [0.3, 0.4) is 0 Å². The standard InChI is InChI=1S/C16H26N2O2/c1-10(2)6-14(19)9-17-16(20)18-15-12(4)7-11(3)8-13(15)5/h7-8,10,14,19H,6,9H2,1-5H3,(H2,17,18,20). The summed E-state index contributed by atoms with van der Waals surface area (Å²) in [4.78, 5) is 11.9. The van der Waals surface area contributed by atoms with Gasteiger partial charge in [-0.1, -0.05) is 31.5 Å². The van der Waals surface area contributed by atoms with Crippen LogP contribution in [0.5, 0.6) is 0 Å². The van der Waals surface area contributed by atoms with Gasteiger partial charge in [0.2, 0.25) is 0 Å². The average Bonchev–Trinajstić information content (AvgIpc) is 2.30. The Bertz CT molecular complexity index is 447. The van der Waals surface area contributed by atoms with Crippen molar-refractivity contribution < 1.29 is 9.90 Å². The third kappa shape index (κ3) is 5.21. The molecule has 1 atom stereocenters. The van der Waals surface area contributed by atoms with Crippen molar-refractivity contribution in [1.29, 1.82) is 0 Å². The second kappa shape index (κ2) is 7.29. The molecule has 0 spiro atoms. The summed E-state index contributed by atoms with van der Waals surface area (Å²) in [5, 5.41) is 15.3. The molecule has 0 aliphatic rings. The van der Waals surface area contributed by atoms with E-state index in [2.05, 4.69) is 10.6 Å². The van der Waals surface area contributed by atoms with Gasteiger partial charge in [0, 0.05) is 12.2 Å². The summed E-state index contributed by atoms with van der Waals surface area (Å²) < 4.78 is 0. The van der Waals surface area contributed by atoms with Crippen molar-refractivity contribution in [3.8, 4) is 0 Å². The Hall–Kier alpha value is -1.55. The second-order valence-corrected chi connectivity index (χ2v) is 5.89. The van der Waals surface area contributed by atoms with Crippen LogP contribution in [-0.2, 0) is 0 Å². The first kappa shape index (κ1) is 16.5. The summed E-state index contributed by atoms with van der Waals surface area (Å²) >= 11 is 0. The van der Waals surface area contributed by atoms with E-state index >= 15 is 0 Å². The first-order valence-corrected chi connectivity index (χ1v) is 7.10. The number of amides is 2. The van der Waals surface area contributed by atoms with E-state index in [1.165, 1.54) is 5.56 Å². The lowest BCUT2D eigenvalue weighted by Crippen LogP contribution is -2.36. The zero-order chi connectivity index (χ0) is 15.3. The van der Waals surface area contributed by atoms with Crippen molar-refractivity contribution in [2.75, 3.05) is 11.9 Å². The number of nitrogens with one attached hydrogen (secondary N) is 2. The van der Waals surface area contributed by atoms with Crippen LogP contribution in [0.4, 0.5) is 10.5 Å². The molecule has 0 aliphatic carbocycles. The van der Waals surface area contributed by atoms with E-state index in [1.807, 2.05) is 46.8 Å². The van der Waals surface area contributed by atoms with Crippen molar-refractivity contribution in [3.05, 3.63) is 28.8 Å². The van der Waals surface area contributed by atoms with Gasteiger partial charge in [-0.3, -0.25) is 0 Å². The van der Waals surface area contributed by atoms with E-state index in [0.717, 1.165) is 16.8 Å². The number of anilines is 1. The molecular weight excluding hydrogens is 252 g/mol. The van der Waals surface area contributed by atoms with E-state index in [9.17, 15) is 9.90 Å². The van der Waals surface area contributed by atoms with Gasteiger partial charge in [-0.25, -0.2) is 4.79 Å². The Balaban J connectivity index is 2.55.